The van der Waals surface area contributed by atoms with Crippen LogP contribution < -0.4 is 9.80 Å². The Morgan fingerprint density at radius 1 is 0.459 bits per heavy atom. The number of hydrogen-bond donors (Lipinski definition) is 0. The summed E-state index contributed by atoms with van der Waals surface area (Å²) in [7, 11) is 0. The molecule has 4 nitrogen and oxygen atoms in total. The maximum atomic E-state index is 6.77. The lowest BCUT2D eigenvalue weighted by Crippen LogP contribution is -2.30. The molecule has 12 rings (SSSR count). The van der Waals surface area contributed by atoms with Crippen LogP contribution in [-0.4, -0.2) is 4.57 Å². The Kier molecular flexibility index (Phi) is 7.85. The van der Waals surface area contributed by atoms with Gasteiger partial charge in [0, 0.05) is 55.3 Å². The third kappa shape index (κ3) is 5.39. The van der Waals surface area contributed by atoms with Gasteiger partial charge in [0.15, 0.2) is 0 Å². The Bertz CT molecular complexity index is 3400. The molecule has 0 bridgehead atoms. The summed E-state index contributed by atoms with van der Waals surface area (Å²) in [5.74, 6) is 0. The van der Waals surface area contributed by atoms with Gasteiger partial charge in [-0.3, -0.25) is 0 Å². The number of benzene rings is 9. The quantitative estimate of drug-likeness (QED) is 0.168. The van der Waals surface area contributed by atoms with Crippen molar-refractivity contribution in [1.29, 1.82) is 0 Å². The van der Waals surface area contributed by atoms with Crippen LogP contribution in [0.5, 0.6) is 0 Å². The molecule has 9 aromatic carbocycles. The second kappa shape index (κ2) is 13.6. The van der Waals surface area contributed by atoms with Crippen molar-refractivity contribution in [2.24, 2.45) is 0 Å². The van der Waals surface area contributed by atoms with Crippen LogP contribution in [0.25, 0.3) is 60.6 Å². The number of para-hydroxylation sites is 7. The molecule has 0 aliphatic carbocycles. The largest absolute Gasteiger partial charge is 0.455 e. The van der Waals surface area contributed by atoms with Crippen LogP contribution in [0.1, 0.15) is 25.0 Å². The molecule has 0 saturated carbocycles. The molecule has 61 heavy (non-hydrogen) atoms. The van der Waals surface area contributed by atoms with Crippen LogP contribution in [0.15, 0.2) is 217 Å². The number of aromatic nitrogens is 1. The molecule has 0 spiro atoms. The van der Waals surface area contributed by atoms with Gasteiger partial charge in [-0.15, -0.1) is 0 Å². The maximum absolute atomic E-state index is 6.77. The zero-order valence-corrected chi connectivity index (χ0v) is 34.0. The van der Waals surface area contributed by atoms with Gasteiger partial charge in [0.1, 0.15) is 11.2 Å². The van der Waals surface area contributed by atoms with E-state index in [9.17, 15) is 0 Å². The molecule has 0 radical (unpaired) electrons. The first-order valence-electron chi connectivity index (χ1n) is 21.0. The predicted octanol–water partition coefficient (Wildman–Crippen LogP) is 15.9. The summed E-state index contributed by atoms with van der Waals surface area (Å²) in [5, 5.41) is 4.64. The molecule has 0 saturated heterocycles. The highest BCUT2D eigenvalue weighted by Gasteiger charge is 2.37. The molecule has 0 N–H and O–H groups in total. The van der Waals surface area contributed by atoms with E-state index < -0.39 is 0 Å². The third-order valence-corrected chi connectivity index (χ3v) is 12.7. The third-order valence-electron chi connectivity index (χ3n) is 12.7. The Balaban J connectivity index is 1.06. The van der Waals surface area contributed by atoms with Gasteiger partial charge in [-0.2, -0.15) is 0 Å². The summed E-state index contributed by atoms with van der Waals surface area (Å²) >= 11 is 0. The minimum atomic E-state index is -0.154. The van der Waals surface area contributed by atoms with Crippen molar-refractivity contribution >= 4 is 77.9 Å². The average molecular weight is 784 g/mol. The van der Waals surface area contributed by atoms with Crippen LogP contribution in [0.3, 0.4) is 0 Å². The molecule has 2 aromatic heterocycles. The highest BCUT2D eigenvalue weighted by Crippen LogP contribution is 2.53. The van der Waals surface area contributed by atoms with Crippen LogP contribution in [0, 0.1) is 0 Å². The topological polar surface area (TPSA) is 24.6 Å². The summed E-state index contributed by atoms with van der Waals surface area (Å²) in [6, 6.07) is 76.6. The number of furan rings is 1. The van der Waals surface area contributed by atoms with E-state index in [0.717, 1.165) is 67.0 Å². The van der Waals surface area contributed by atoms with Crippen molar-refractivity contribution in [2.45, 2.75) is 19.3 Å². The normalized spacial score (nSPS) is 13.2. The minimum Gasteiger partial charge on any atom is -0.455 e. The number of rotatable bonds is 6. The summed E-state index contributed by atoms with van der Waals surface area (Å²) in [6.45, 7) is 4.67. The monoisotopic (exact) mass is 783 g/mol. The number of hydrogen-bond acceptors (Lipinski definition) is 3. The molecule has 0 fully saturated rings. The fourth-order valence-electron chi connectivity index (χ4n) is 9.92. The van der Waals surface area contributed by atoms with Crippen LogP contribution in [-0.2, 0) is 5.41 Å². The number of anilines is 6. The van der Waals surface area contributed by atoms with Gasteiger partial charge in [-0.1, -0.05) is 147 Å². The lowest BCUT2D eigenvalue weighted by atomic mass is 9.73. The average Bonchev–Trinajstić information content (AvgIpc) is 3.86. The highest BCUT2D eigenvalue weighted by molar-refractivity contribution is 6.15. The van der Waals surface area contributed by atoms with Gasteiger partial charge in [0.2, 0.25) is 0 Å². The van der Waals surface area contributed by atoms with Gasteiger partial charge < -0.3 is 18.8 Å². The zero-order valence-electron chi connectivity index (χ0n) is 34.0. The van der Waals surface area contributed by atoms with Gasteiger partial charge in [0.05, 0.1) is 28.1 Å². The molecule has 290 valence electrons. The molecular weight excluding hydrogens is 743 g/mol. The van der Waals surface area contributed by atoms with Crippen molar-refractivity contribution in [3.05, 3.63) is 223 Å². The summed E-state index contributed by atoms with van der Waals surface area (Å²) in [5.41, 5.74) is 16.5. The van der Waals surface area contributed by atoms with Gasteiger partial charge in [0.25, 0.3) is 0 Å². The van der Waals surface area contributed by atoms with E-state index in [1.54, 1.807) is 0 Å². The van der Waals surface area contributed by atoms with Crippen LogP contribution in [0.4, 0.5) is 34.1 Å². The summed E-state index contributed by atoms with van der Waals surface area (Å²) < 4.78 is 9.18. The molecule has 0 atom stereocenters. The number of fused-ring (bicyclic) bond motifs is 8. The molecule has 4 heteroatoms. The van der Waals surface area contributed by atoms with Crippen molar-refractivity contribution < 1.29 is 4.42 Å². The first-order valence-corrected chi connectivity index (χ1v) is 21.0. The van der Waals surface area contributed by atoms with Gasteiger partial charge in [-0.25, -0.2) is 0 Å². The maximum Gasteiger partial charge on any atom is 0.143 e. The number of nitrogens with zero attached hydrogens (tertiary/aromatic N) is 3. The molecule has 11 aromatic rings. The van der Waals surface area contributed by atoms with E-state index in [0.29, 0.717) is 0 Å². The fraction of sp³-hybridized carbons (Fsp3) is 0.0526. The Hall–Kier alpha value is -7.82. The molecule has 0 unspecified atom stereocenters. The van der Waals surface area contributed by atoms with Crippen molar-refractivity contribution in [2.75, 3.05) is 9.80 Å². The van der Waals surface area contributed by atoms with Crippen molar-refractivity contribution in [3.8, 4) is 16.8 Å². The predicted molar refractivity (Wildman–Crippen MR) is 255 cm³/mol. The molecule has 1 aliphatic rings. The van der Waals surface area contributed by atoms with Crippen molar-refractivity contribution in [1.82, 2.24) is 4.57 Å². The van der Waals surface area contributed by atoms with Crippen LogP contribution in [0.2, 0.25) is 0 Å². The van der Waals surface area contributed by atoms with E-state index in [2.05, 4.69) is 241 Å². The standard InChI is InChI=1S/C57H41N3O/c1-57(2)48-25-11-14-28-51(48)59(52-29-15-12-26-49(52)57)42-36-46(56-47(37-42)44-23-10-16-31-54(44)61-56)38-32-34-41(35-33-38)58(39-18-5-3-6-19-39)53-30-17-24-45-43-22-9-13-27-50(43)60(55(45)53)40-20-7-4-8-21-40/h3-37H,1-2H3. The molecule has 0 amide bonds. The van der Waals surface area contributed by atoms with Crippen molar-refractivity contribution in [3.63, 3.8) is 0 Å². The zero-order chi connectivity index (χ0) is 40.7. The van der Waals surface area contributed by atoms with Gasteiger partial charge in [-0.05, 0) is 95.6 Å². The van der Waals surface area contributed by atoms with E-state index >= 15 is 0 Å². The van der Waals surface area contributed by atoms with E-state index in [1.807, 2.05) is 0 Å². The Morgan fingerprint density at radius 2 is 1.05 bits per heavy atom. The fourth-order valence-corrected chi connectivity index (χ4v) is 9.92. The molecule has 1 aliphatic heterocycles. The first-order chi connectivity index (χ1) is 30.0. The Labute approximate surface area is 354 Å². The molecule has 3 heterocycles. The van der Waals surface area contributed by atoms with Gasteiger partial charge >= 0.3 is 0 Å². The second-order valence-electron chi connectivity index (χ2n) is 16.5. The van der Waals surface area contributed by atoms with Crippen LogP contribution >= 0.6 is 0 Å². The lowest BCUT2D eigenvalue weighted by Gasteiger charge is -2.42. The Morgan fingerprint density at radius 3 is 1.79 bits per heavy atom. The molecular formula is C57H41N3O. The first kappa shape index (κ1) is 35.2. The van der Waals surface area contributed by atoms with E-state index in [4.69, 9.17) is 4.42 Å². The summed E-state index contributed by atoms with van der Waals surface area (Å²) in [4.78, 5) is 4.83. The second-order valence-corrected chi connectivity index (χ2v) is 16.5. The lowest BCUT2D eigenvalue weighted by molar-refractivity contribution is 0.632. The van der Waals surface area contributed by atoms with E-state index in [1.165, 1.54) is 38.8 Å². The SMILES string of the molecule is CC1(C)c2ccccc2N(c2cc(-c3ccc(N(c4ccccc4)c4cccc5c6ccccc6n(-c6ccccc6)c45)cc3)c3oc4ccccc4c3c2)c2ccccc21. The van der Waals surface area contributed by atoms with E-state index in [-0.39, 0.29) is 5.41 Å². The smallest absolute Gasteiger partial charge is 0.143 e. The minimum absolute atomic E-state index is 0.154. The highest BCUT2D eigenvalue weighted by atomic mass is 16.3. The summed E-state index contributed by atoms with van der Waals surface area (Å²) in [6.07, 6.45) is 0.